The molecule has 1 aromatic rings. The number of para-hydroxylation sites is 1. The summed E-state index contributed by atoms with van der Waals surface area (Å²) in [7, 11) is 0. The molecule has 0 spiro atoms. The summed E-state index contributed by atoms with van der Waals surface area (Å²) in [5, 5.41) is 12.5. The van der Waals surface area contributed by atoms with Crippen molar-refractivity contribution in [3.05, 3.63) is 29.8 Å². The summed E-state index contributed by atoms with van der Waals surface area (Å²) >= 11 is 0. The first-order valence-corrected chi connectivity index (χ1v) is 8.84. The average molecular weight is 315 g/mol. The Morgan fingerprint density at radius 2 is 1.74 bits per heavy atom. The number of aromatic hydroxyl groups is 1. The third-order valence-electron chi connectivity index (χ3n) is 5.93. The van der Waals surface area contributed by atoms with Gasteiger partial charge < -0.3 is 15.2 Å². The molecule has 1 aromatic carbocycles. The summed E-state index contributed by atoms with van der Waals surface area (Å²) in [5.41, 5.74) is 0.413. The van der Waals surface area contributed by atoms with Crippen LogP contribution in [0.5, 0.6) is 5.75 Å². The van der Waals surface area contributed by atoms with Gasteiger partial charge in [-0.05, 0) is 68.4 Å². The number of rotatable bonds is 5. The van der Waals surface area contributed by atoms with E-state index in [-0.39, 0.29) is 17.3 Å². The summed E-state index contributed by atoms with van der Waals surface area (Å²) < 4.78 is 6.28. The van der Waals surface area contributed by atoms with Gasteiger partial charge in [0, 0.05) is 6.54 Å². The quantitative estimate of drug-likeness (QED) is 0.821. The maximum absolute atomic E-state index is 12.1. The van der Waals surface area contributed by atoms with Gasteiger partial charge in [0.2, 0.25) is 0 Å². The molecule has 0 aliphatic heterocycles. The summed E-state index contributed by atoms with van der Waals surface area (Å²) in [6.07, 6.45) is 7.87. The normalized spacial score (nSPS) is 34.5. The number of hydrogen-bond donors (Lipinski definition) is 2. The number of carbonyl (C=O) groups excluding carboxylic acids is 1. The van der Waals surface area contributed by atoms with E-state index in [1.54, 1.807) is 18.2 Å². The lowest BCUT2D eigenvalue weighted by molar-refractivity contribution is -0.160. The Kier molecular flexibility index (Phi) is 3.80. The van der Waals surface area contributed by atoms with Crippen LogP contribution in [0.2, 0.25) is 0 Å². The van der Waals surface area contributed by atoms with Crippen molar-refractivity contribution in [3.8, 4) is 5.75 Å². The van der Waals surface area contributed by atoms with Gasteiger partial charge in [-0.15, -0.1) is 0 Å². The van der Waals surface area contributed by atoms with Crippen LogP contribution in [0, 0.1) is 17.8 Å². The molecule has 124 valence electrons. The lowest BCUT2D eigenvalue weighted by atomic mass is 9.54. The van der Waals surface area contributed by atoms with Crippen LogP contribution in [-0.4, -0.2) is 29.8 Å². The van der Waals surface area contributed by atoms with Crippen molar-refractivity contribution in [1.82, 2.24) is 5.32 Å². The SMILES string of the molecule is O=C(NCCOC12CC3CC(CC(C3)C1)C2)c1ccccc1O. The van der Waals surface area contributed by atoms with Crippen LogP contribution in [0.4, 0.5) is 0 Å². The second-order valence-electron chi connectivity index (χ2n) is 7.72. The van der Waals surface area contributed by atoms with Gasteiger partial charge in [-0.25, -0.2) is 0 Å². The Labute approximate surface area is 137 Å². The predicted molar refractivity (Wildman–Crippen MR) is 87.3 cm³/mol. The van der Waals surface area contributed by atoms with Gasteiger partial charge in [0.05, 0.1) is 17.8 Å². The van der Waals surface area contributed by atoms with Crippen LogP contribution in [-0.2, 0) is 4.74 Å². The van der Waals surface area contributed by atoms with Crippen molar-refractivity contribution >= 4 is 5.91 Å². The van der Waals surface area contributed by atoms with Gasteiger partial charge in [-0.3, -0.25) is 4.79 Å². The van der Waals surface area contributed by atoms with Crippen LogP contribution in [0.15, 0.2) is 24.3 Å². The molecule has 5 rings (SSSR count). The van der Waals surface area contributed by atoms with Crippen molar-refractivity contribution < 1.29 is 14.6 Å². The lowest BCUT2D eigenvalue weighted by Crippen LogP contribution is -2.52. The van der Waals surface area contributed by atoms with Crippen LogP contribution in [0.25, 0.3) is 0 Å². The third kappa shape index (κ3) is 2.97. The van der Waals surface area contributed by atoms with E-state index in [1.807, 2.05) is 0 Å². The first kappa shape index (κ1) is 15.0. The van der Waals surface area contributed by atoms with Crippen molar-refractivity contribution in [1.29, 1.82) is 0 Å². The number of hydrogen-bond acceptors (Lipinski definition) is 3. The number of phenols is 1. The highest BCUT2D eigenvalue weighted by Gasteiger charge is 2.51. The number of carbonyl (C=O) groups is 1. The van der Waals surface area contributed by atoms with Gasteiger partial charge in [0.1, 0.15) is 5.75 Å². The average Bonchev–Trinajstić information content (AvgIpc) is 2.50. The number of phenolic OH excluding ortho intramolecular Hbond substituents is 1. The summed E-state index contributed by atoms with van der Waals surface area (Å²) in [4.78, 5) is 12.1. The lowest BCUT2D eigenvalue weighted by Gasteiger charge is -2.56. The standard InChI is InChI=1S/C19H25NO3/c21-17-4-2-1-3-16(17)18(22)20-5-6-23-19-10-13-7-14(11-19)9-15(8-13)12-19/h1-4,13-15,21H,5-12H2,(H,20,22). The second-order valence-corrected chi connectivity index (χ2v) is 7.72. The molecule has 2 N–H and O–H groups in total. The number of nitrogens with one attached hydrogen (secondary N) is 1. The van der Waals surface area contributed by atoms with Crippen LogP contribution < -0.4 is 5.32 Å². The highest BCUT2D eigenvalue weighted by atomic mass is 16.5. The van der Waals surface area contributed by atoms with E-state index < -0.39 is 0 Å². The van der Waals surface area contributed by atoms with E-state index in [1.165, 1.54) is 44.6 Å². The zero-order valence-corrected chi connectivity index (χ0v) is 13.5. The minimum atomic E-state index is -0.239. The first-order valence-electron chi connectivity index (χ1n) is 8.84. The van der Waals surface area contributed by atoms with Gasteiger partial charge in [-0.2, -0.15) is 0 Å². The van der Waals surface area contributed by atoms with Crippen molar-refractivity contribution in [2.24, 2.45) is 17.8 Å². The fourth-order valence-electron chi connectivity index (χ4n) is 5.40. The maximum Gasteiger partial charge on any atom is 0.255 e. The largest absolute Gasteiger partial charge is 0.507 e. The van der Waals surface area contributed by atoms with E-state index in [2.05, 4.69) is 5.32 Å². The van der Waals surface area contributed by atoms with E-state index in [0.29, 0.717) is 18.7 Å². The Balaban J connectivity index is 1.28. The molecule has 0 atom stereocenters. The molecular formula is C19H25NO3. The Morgan fingerprint density at radius 1 is 1.13 bits per heavy atom. The molecule has 4 fully saturated rings. The fourth-order valence-corrected chi connectivity index (χ4v) is 5.40. The van der Waals surface area contributed by atoms with Crippen molar-refractivity contribution in [2.75, 3.05) is 13.2 Å². The highest BCUT2D eigenvalue weighted by Crippen LogP contribution is 2.57. The van der Waals surface area contributed by atoms with Crippen LogP contribution in [0.1, 0.15) is 48.9 Å². The predicted octanol–water partition coefficient (Wildman–Crippen LogP) is 3.11. The molecule has 23 heavy (non-hydrogen) atoms. The molecule has 4 nitrogen and oxygen atoms in total. The van der Waals surface area contributed by atoms with Gasteiger partial charge in [0.15, 0.2) is 0 Å². The smallest absolute Gasteiger partial charge is 0.255 e. The first-order chi connectivity index (χ1) is 11.1. The summed E-state index contributed by atoms with van der Waals surface area (Å²) in [6.45, 7) is 1.06. The molecule has 4 aliphatic rings. The Morgan fingerprint density at radius 3 is 2.35 bits per heavy atom. The number of amides is 1. The molecule has 0 aromatic heterocycles. The Bertz CT molecular complexity index is 563. The molecule has 0 saturated heterocycles. The molecule has 4 aliphatic carbocycles. The third-order valence-corrected chi connectivity index (χ3v) is 5.93. The maximum atomic E-state index is 12.1. The topological polar surface area (TPSA) is 58.6 Å². The van der Waals surface area contributed by atoms with E-state index >= 15 is 0 Å². The molecule has 0 unspecified atom stereocenters. The van der Waals surface area contributed by atoms with Crippen molar-refractivity contribution in [2.45, 2.75) is 44.1 Å². The molecular weight excluding hydrogens is 290 g/mol. The minimum absolute atomic E-state index is 0.0204. The summed E-state index contributed by atoms with van der Waals surface area (Å²) in [6, 6.07) is 6.62. The molecule has 0 radical (unpaired) electrons. The summed E-state index contributed by atoms with van der Waals surface area (Å²) in [5.74, 6) is 2.40. The Hall–Kier alpha value is -1.55. The molecule has 4 heteroatoms. The minimum Gasteiger partial charge on any atom is -0.507 e. The van der Waals surface area contributed by atoms with Crippen LogP contribution in [0.3, 0.4) is 0 Å². The molecule has 0 heterocycles. The zero-order valence-electron chi connectivity index (χ0n) is 13.5. The van der Waals surface area contributed by atoms with Gasteiger partial charge in [0.25, 0.3) is 5.91 Å². The highest BCUT2D eigenvalue weighted by molar-refractivity contribution is 5.96. The van der Waals surface area contributed by atoms with Gasteiger partial charge >= 0.3 is 0 Å². The number of ether oxygens (including phenoxy) is 1. The van der Waals surface area contributed by atoms with Crippen LogP contribution >= 0.6 is 0 Å². The molecule has 4 bridgehead atoms. The monoisotopic (exact) mass is 315 g/mol. The molecule has 1 amide bonds. The van der Waals surface area contributed by atoms with E-state index in [0.717, 1.165) is 17.8 Å². The van der Waals surface area contributed by atoms with E-state index in [9.17, 15) is 9.90 Å². The van der Waals surface area contributed by atoms with Crippen molar-refractivity contribution in [3.63, 3.8) is 0 Å². The second kappa shape index (κ2) is 5.82. The fraction of sp³-hybridized carbons (Fsp3) is 0.632. The zero-order chi connectivity index (χ0) is 15.9. The molecule has 4 saturated carbocycles. The number of benzene rings is 1. The van der Waals surface area contributed by atoms with Gasteiger partial charge in [-0.1, -0.05) is 12.1 Å². The van der Waals surface area contributed by atoms with E-state index in [4.69, 9.17) is 4.74 Å².